The Morgan fingerprint density at radius 3 is 1.91 bits per heavy atom. The van der Waals surface area contributed by atoms with Crippen molar-refractivity contribution in [2.24, 2.45) is 0 Å². The fourth-order valence-corrected chi connectivity index (χ4v) is 1.34. The van der Waals surface area contributed by atoms with Crippen LogP contribution in [0.25, 0.3) is 0 Å². The summed E-state index contributed by atoms with van der Waals surface area (Å²) in [6, 6.07) is 8.63. The van der Waals surface area contributed by atoms with Crippen molar-refractivity contribution in [3.63, 3.8) is 0 Å². The third-order valence-electron chi connectivity index (χ3n) is 1.85. The predicted octanol–water partition coefficient (Wildman–Crippen LogP) is 1.61. The number of rotatable bonds is 0. The number of benzene rings is 1. The van der Waals surface area contributed by atoms with Crippen molar-refractivity contribution in [3.8, 4) is 0 Å². The van der Waals surface area contributed by atoms with Gasteiger partial charge in [-0.3, -0.25) is 0 Å². The first-order chi connectivity index (χ1) is 4.47. The summed E-state index contributed by atoms with van der Waals surface area (Å²) in [5.74, 6) is 0. The van der Waals surface area contributed by atoms with Gasteiger partial charge in [0.05, 0.1) is 0 Å². The summed E-state index contributed by atoms with van der Waals surface area (Å²) < 4.78 is 0. The molecule has 0 amide bonds. The summed E-state index contributed by atoms with van der Waals surface area (Å²) in [6.07, 6.45) is 4.68. The van der Waals surface area contributed by atoms with Gasteiger partial charge in [-0.15, -0.1) is 0 Å². The Kier molecular flexibility index (Phi) is 7.56. The molecule has 0 aromatic heterocycles. The zero-order valence-corrected chi connectivity index (χ0v) is 15.9. The van der Waals surface area contributed by atoms with Gasteiger partial charge < -0.3 is 6.42 Å². The zero-order valence-electron chi connectivity index (χ0n) is 6.71. The first kappa shape index (κ1) is 13.0. The first-order valence-electron chi connectivity index (χ1n) is 3.35. The monoisotopic (exact) mass is 434 g/mol. The zero-order chi connectivity index (χ0) is 6.10. The van der Waals surface area contributed by atoms with Crippen molar-refractivity contribution in [2.45, 2.75) is 12.8 Å². The topological polar surface area (TPSA) is 0 Å². The molecule has 0 fully saturated rings. The normalized spacial score (nSPS) is 12.7. The third kappa shape index (κ3) is 3.30. The van der Waals surface area contributed by atoms with Crippen LogP contribution in [-0.4, -0.2) is 68.9 Å². The van der Waals surface area contributed by atoms with E-state index in [1.807, 2.05) is 0 Å². The van der Waals surface area contributed by atoms with Crippen LogP contribution in [0.2, 0.25) is 0 Å². The van der Waals surface area contributed by atoms with Gasteiger partial charge >= 0.3 is 0 Å². The van der Waals surface area contributed by atoms with Gasteiger partial charge in [0, 0.05) is 90.0 Å². The van der Waals surface area contributed by atoms with Gasteiger partial charge in [-0.25, -0.2) is 0 Å². The summed E-state index contributed by atoms with van der Waals surface area (Å²) in [6.45, 7) is 0. The van der Waals surface area contributed by atoms with Crippen LogP contribution >= 0.6 is 0 Å². The van der Waals surface area contributed by atoms with E-state index in [1.54, 1.807) is 0 Å². The van der Waals surface area contributed by atoms with E-state index in [2.05, 4.69) is 30.7 Å². The smallest absolute Gasteiger partial charge is 0 e. The summed E-state index contributed by atoms with van der Waals surface area (Å²) in [4.78, 5) is 0. The molecule has 0 heterocycles. The van der Waals surface area contributed by atoms with Gasteiger partial charge in [0.1, 0.15) is 0 Å². The van der Waals surface area contributed by atoms with Crippen molar-refractivity contribution in [3.05, 3.63) is 41.8 Å². The molecule has 2 rings (SSSR count). The van der Waals surface area contributed by atoms with Gasteiger partial charge in [0.15, 0.2) is 0 Å². The van der Waals surface area contributed by atoms with Crippen molar-refractivity contribution >= 4 is 68.9 Å². The van der Waals surface area contributed by atoms with E-state index in [9.17, 15) is 0 Å². The molecular weight excluding hydrogens is 425 g/mol. The Bertz CT molecular complexity index is 200. The molecule has 0 N–H and O–H groups in total. The molecule has 53 valence electrons. The van der Waals surface area contributed by atoms with E-state index < -0.39 is 0 Å². The molecule has 0 aliphatic heterocycles. The fraction of sp³-hybridized carbons (Fsp3) is 0.222. The van der Waals surface area contributed by atoms with Crippen LogP contribution in [-0.2, 0) is 33.9 Å². The SMILES string of the molecule is [Cs].[W].c1ccc2c(c1)C[CH-]C2. The number of hydrogen-bond donors (Lipinski definition) is 0. The van der Waals surface area contributed by atoms with Crippen molar-refractivity contribution in [1.82, 2.24) is 0 Å². The van der Waals surface area contributed by atoms with Gasteiger partial charge in [-0.1, -0.05) is 35.4 Å². The van der Waals surface area contributed by atoms with Crippen LogP contribution < -0.4 is 0 Å². The van der Waals surface area contributed by atoms with E-state index in [-0.39, 0.29) is 90.0 Å². The molecule has 0 spiro atoms. The molecule has 11 heavy (non-hydrogen) atoms. The maximum absolute atomic E-state index is 2.32. The summed E-state index contributed by atoms with van der Waals surface area (Å²) in [5, 5.41) is 0. The second-order valence-electron chi connectivity index (χ2n) is 2.47. The van der Waals surface area contributed by atoms with Crippen LogP contribution in [0.4, 0.5) is 0 Å². The minimum atomic E-state index is 0. The van der Waals surface area contributed by atoms with Crippen molar-refractivity contribution in [1.29, 1.82) is 0 Å². The van der Waals surface area contributed by atoms with Gasteiger partial charge in [-0.05, 0) is 0 Å². The maximum atomic E-state index is 2.32. The van der Waals surface area contributed by atoms with Crippen molar-refractivity contribution < 1.29 is 21.1 Å². The van der Waals surface area contributed by atoms with Crippen LogP contribution in [0.1, 0.15) is 11.1 Å². The minimum Gasteiger partial charge on any atom is -0.320 e. The molecule has 1 aromatic rings. The summed E-state index contributed by atoms with van der Waals surface area (Å²) >= 11 is 0. The van der Waals surface area contributed by atoms with Crippen LogP contribution in [0.5, 0.6) is 0 Å². The predicted molar refractivity (Wildman–Crippen MR) is 43.9 cm³/mol. The second kappa shape index (κ2) is 6.42. The summed E-state index contributed by atoms with van der Waals surface area (Å²) in [7, 11) is 0. The van der Waals surface area contributed by atoms with E-state index >= 15 is 0 Å². The molecule has 0 unspecified atom stereocenters. The maximum Gasteiger partial charge on any atom is 0 e. The number of fused-ring (bicyclic) bond motifs is 1. The van der Waals surface area contributed by atoms with Gasteiger partial charge in [0.25, 0.3) is 0 Å². The van der Waals surface area contributed by atoms with E-state index in [1.165, 1.54) is 24.0 Å². The molecule has 0 saturated carbocycles. The Labute approximate surface area is 141 Å². The quantitative estimate of drug-likeness (QED) is 0.545. The van der Waals surface area contributed by atoms with Crippen molar-refractivity contribution in [2.75, 3.05) is 0 Å². The summed E-state index contributed by atoms with van der Waals surface area (Å²) in [5.41, 5.74) is 3.02. The molecule has 0 nitrogen and oxygen atoms in total. The Morgan fingerprint density at radius 2 is 1.45 bits per heavy atom. The molecule has 2 heteroatoms. The van der Waals surface area contributed by atoms with E-state index in [4.69, 9.17) is 0 Å². The second-order valence-corrected chi connectivity index (χ2v) is 2.47. The molecule has 1 aliphatic carbocycles. The Hall–Kier alpha value is 1.96. The number of hydrogen-bond acceptors (Lipinski definition) is 0. The molecular formula is C9H9CsW-. The fourth-order valence-electron chi connectivity index (χ4n) is 1.34. The average molecular weight is 434 g/mol. The van der Waals surface area contributed by atoms with Gasteiger partial charge in [0.2, 0.25) is 0 Å². The average Bonchev–Trinajstić information content (AvgIpc) is 2.33. The molecule has 0 saturated heterocycles. The standard InChI is InChI=1S/C9H9.Cs.W/c1-2-5-9-7-3-6-8(9)4-1;;/h1-5H,6-7H2;;/q-1;;. The van der Waals surface area contributed by atoms with E-state index in [0.717, 1.165) is 0 Å². The third-order valence-corrected chi connectivity index (χ3v) is 1.85. The molecule has 0 bridgehead atoms. The van der Waals surface area contributed by atoms with Crippen LogP contribution in [0, 0.1) is 6.42 Å². The molecule has 1 radical (unpaired) electrons. The minimum absolute atomic E-state index is 0. The molecule has 0 atom stereocenters. The van der Waals surface area contributed by atoms with Crippen LogP contribution in [0.15, 0.2) is 24.3 Å². The molecule has 1 aromatic carbocycles. The van der Waals surface area contributed by atoms with Gasteiger partial charge in [-0.2, -0.15) is 12.8 Å². The first-order valence-corrected chi connectivity index (χ1v) is 3.35. The molecule has 1 aliphatic rings. The largest absolute Gasteiger partial charge is 0.320 e. The van der Waals surface area contributed by atoms with E-state index in [0.29, 0.717) is 0 Å². The Morgan fingerprint density at radius 1 is 1.00 bits per heavy atom. The Balaban J connectivity index is 0.000000500. The van der Waals surface area contributed by atoms with Crippen LogP contribution in [0.3, 0.4) is 0 Å².